The third kappa shape index (κ3) is 1.73. The highest BCUT2D eigenvalue weighted by Gasteiger charge is 2.15. The van der Waals surface area contributed by atoms with Crippen LogP contribution in [0.4, 0.5) is 0 Å². The number of benzene rings is 1. The minimum absolute atomic E-state index is 0.0132. The summed E-state index contributed by atoms with van der Waals surface area (Å²) in [7, 11) is 0. The molecule has 2 heterocycles. The van der Waals surface area contributed by atoms with Crippen LogP contribution in [0, 0.1) is 13.8 Å². The first kappa shape index (κ1) is 11.6. The first-order chi connectivity index (χ1) is 9.08. The van der Waals surface area contributed by atoms with Crippen molar-refractivity contribution in [1.29, 1.82) is 0 Å². The molecule has 0 saturated carbocycles. The molecule has 3 aromatic rings. The van der Waals surface area contributed by atoms with Crippen molar-refractivity contribution in [2.45, 2.75) is 13.8 Å². The number of nitrogens with one attached hydrogen (secondary N) is 1. The normalized spacial score (nSPS) is 11.1. The van der Waals surface area contributed by atoms with Crippen LogP contribution in [0.5, 0.6) is 5.75 Å². The summed E-state index contributed by atoms with van der Waals surface area (Å²) in [5.74, 6) is 0.560. The van der Waals surface area contributed by atoms with Crippen LogP contribution in [0.3, 0.4) is 0 Å². The Balaban J connectivity index is 2.30. The third-order valence-corrected chi connectivity index (χ3v) is 3.34. The number of H-pyrrole nitrogens is 1. The molecule has 96 valence electrons. The molecule has 0 unspecified atom stereocenters. The molecule has 0 bridgehead atoms. The molecule has 2 aromatic heterocycles. The lowest BCUT2D eigenvalue weighted by atomic mass is 10.1. The van der Waals surface area contributed by atoms with Crippen molar-refractivity contribution in [3.8, 4) is 17.2 Å². The molecule has 0 fully saturated rings. The number of aromatic hydroxyl groups is 1. The van der Waals surface area contributed by atoms with E-state index in [1.54, 1.807) is 13.8 Å². The van der Waals surface area contributed by atoms with Gasteiger partial charge in [0.05, 0.1) is 11.3 Å². The molecule has 0 spiro atoms. The van der Waals surface area contributed by atoms with Crippen molar-refractivity contribution < 1.29 is 9.52 Å². The largest absolute Gasteiger partial charge is 0.507 e. The molecule has 0 aliphatic heterocycles. The number of para-hydroxylation sites is 1. The monoisotopic (exact) mass is 255 g/mol. The van der Waals surface area contributed by atoms with Gasteiger partial charge in [-0.15, -0.1) is 0 Å². The maximum Gasteiger partial charge on any atom is 0.255 e. The predicted molar refractivity (Wildman–Crippen MR) is 73.4 cm³/mol. The van der Waals surface area contributed by atoms with Gasteiger partial charge in [0.1, 0.15) is 11.3 Å². The standard InChI is InChI=1S/C15H13NO3/c1-8-13(16-15(18)9(2)14(8)17)12-7-10-5-3-4-6-11(10)19-12/h3-7H,1-2H3,(H2,16,17,18). The zero-order valence-corrected chi connectivity index (χ0v) is 10.7. The molecular formula is C15H13NO3. The van der Waals surface area contributed by atoms with E-state index in [2.05, 4.69) is 4.98 Å². The average Bonchev–Trinajstić information content (AvgIpc) is 2.84. The lowest BCUT2D eigenvalue weighted by Crippen LogP contribution is -2.11. The second kappa shape index (κ2) is 4.02. The Labute approximate surface area is 109 Å². The molecule has 4 heteroatoms. The molecular weight excluding hydrogens is 242 g/mol. The van der Waals surface area contributed by atoms with Gasteiger partial charge < -0.3 is 14.5 Å². The van der Waals surface area contributed by atoms with Crippen LogP contribution in [-0.4, -0.2) is 10.1 Å². The van der Waals surface area contributed by atoms with Crippen LogP contribution in [0.1, 0.15) is 11.1 Å². The second-order valence-corrected chi connectivity index (χ2v) is 4.58. The molecule has 0 radical (unpaired) electrons. The first-order valence-electron chi connectivity index (χ1n) is 5.99. The first-order valence-corrected chi connectivity index (χ1v) is 5.99. The van der Waals surface area contributed by atoms with E-state index in [0.717, 1.165) is 11.0 Å². The number of aromatic nitrogens is 1. The summed E-state index contributed by atoms with van der Waals surface area (Å²) in [4.78, 5) is 14.5. The van der Waals surface area contributed by atoms with Gasteiger partial charge in [0.2, 0.25) is 0 Å². The van der Waals surface area contributed by atoms with Crippen LogP contribution < -0.4 is 5.56 Å². The van der Waals surface area contributed by atoms with Crippen LogP contribution in [0.25, 0.3) is 22.4 Å². The molecule has 0 atom stereocenters. The fraction of sp³-hybridized carbons (Fsp3) is 0.133. The van der Waals surface area contributed by atoms with Gasteiger partial charge in [-0.3, -0.25) is 4.79 Å². The molecule has 0 aliphatic rings. The highest BCUT2D eigenvalue weighted by atomic mass is 16.3. The number of pyridine rings is 1. The summed E-state index contributed by atoms with van der Waals surface area (Å²) in [6, 6.07) is 9.45. The molecule has 19 heavy (non-hydrogen) atoms. The summed E-state index contributed by atoms with van der Waals surface area (Å²) >= 11 is 0. The van der Waals surface area contributed by atoms with Gasteiger partial charge in [-0.25, -0.2) is 0 Å². The zero-order chi connectivity index (χ0) is 13.6. The SMILES string of the molecule is Cc1c(-c2cc3ccccc3o2)[nH]c(=O)c(C)c1O. The fourth-order valence-electron chi connectivity index (χ4n) is 2.16. The average molecular weight is 255 g/mol. The van der Waals surface area contributed by atoms with Gasteiger partial charge in [-0.2, -0.15) is 0 Å². The Hall–Kier alpha value is -2.49. The third-order valence-electron chi connectivity index (χ3n) is 3.34. The Kier molecular flexibility index (Phi) is 2.45. The summed E-state index contributed by atoms with van der Waals surface area (Å²) in [5.41, 5.74) is 1.88. The molecule has 4 nitrogen and oxygen atoms in total. The summed E-state index contributed by atoms with van der Waals surface area (Å²) in [5, 5.41) is 10.9. The number of hydrogen-bond acceptors (Lipinski definition) is 3. The Bertz CT molecular complexity index is 794. The van der Waals surface area contributed by atoms with Crippen molar-refractivity contribution in [2.75, 3.05) is 0 Å². The molecule has 3 rings (SSSR count). The van der Waals surface area contributed by atoms with Gasteiger partial charge in [0.25, 0.3) is 5.56 Å². The Morgan fingerprint density at radius 1 is 1.16 bits per heavy atom. The van der Waals surface area contributed by atoms with Gasteiger partial charge in [-0.05, 0) is 26.0 Å². The van der Waals surface area contributed by atoms with Crippen LogP contribution >= 0.6 is 0 Å². The maximum atomic E-state index is 11.7. The number of hydrogen-bond donors (Lipinski definition) is 2. The topological polar surface area (TPSA) is 66.2 Å². The van der Waals surface area contributed by atoms with Crippen LogP contribution in [0.2, 0.25) is 0 Å². The van der Waals surface area contributed by atoms with Crippen molar-refractivity contribution in [1.82, 2.24) is 4.98 Å². The van der Waals surface area contributed by atoms with E-state index in [9.17, 15) is 9.90 Å². The van der Waals surface area contributed by atoms with E-state index >= 15 is 0 Å². The number of furan rings is 1. The zero-order valence-electron chi connectivity index (χ0n) is 10.7. The number of aromatic amines is 1. The van der Waals surface area contributed by atoms with E-state index in [1.165, 1.54) is 0 Å². The van der Waals surface area contributed by atoms with E-state index < -0.39 is 0 Å². The second-order valence-electron chi connectivity index (χ2n) is 4.58. The molecule has 2 N–H and O–H groups in total. The summed E-state index contributed by atoms with van der Waals surface area (Å²) < 4.78 is 5.70. The van der Waals surface area contributed by atoms with Gasteiger partial charge in [0, 0.05) is 10.9 Å². The van der Waals surface area contributed by atoms with E-state index in [4.69, 9.17) is 4.42 Å². The summed E-state index contributed by atoms with van der Waals surface area (Å²) in [6.07, 6.45) is 0. The lowest BCUT2D eigenvalue weighted by Gasteiger charge is -2.06. The lowest BCUT2D eigenvalue weighted by molar-refractivity contribution is 0.464. The highest BCUT2D eigenvalue weighted by molar-refractivity contribution is 5.82. The minimum Gasteiger partial charge on any atom is -0.507 e. The van der Waals surface area contributed by atoms with Crippen LogP contribution in [-0.2, 0) is 0 Å². The van der Waals surface area contributed by atoms with E-state index in [-0.39, 0.29) is 11.3 Å². The van der Waals surface area contributed by atoms with Crippen molar-refractivity contribution in [2.24, 2.45) is 0 Å². The molecule has 0 aliphatic carbocycles. The molecule has 0 amide bonds. The van der Waals surface area contributed by atoms with Crippen molar-refractivity contribution in [3.63, 3.8) is 0 Å². The summed E-state index contributed by atoms with van der Waals surface area (Å²) in [6.45, 7) is 3.34. The van der Waals surface area contributed by atoms with Gasteiger partial charge >= 0.3 is 0 Å². The highest BCUT2D eigenvalue weighted by Crippen LogP contribution is 2.31. The van der Waals surface area contributed by atoms with Gasteiger partial charge in [0.15, 0.2) is 5.76 Å². The molecule has 1 aromatic carbocycles. The smallest absolute Gasteiger partial charge is 0.255 e. The minimum atomic E-state index is -0.307. The van der Waals surface area contributed by atoms with E-state index in [0.29, 0.717) is 22.6 Å². The van der Waals surface area contributed by atoms with Crippen LogP contribution in [0.15, 0.2) is 39.5 Å². The Morgan fingerprint density at radius 2 is 1.89 bits per heavy atom. The number of fused-ring (bicyclic) bond motifs is 1. The quantitative estimate of drug-likeness (QED) is 0.702. The Morgan fingerprint density at radius 3 is 2.63 bits per heavy atom. The number of rotatable bonds is 1. The van der Waals surface area contributed by atoms with E-state index in [1.807, 2.05) is 30.3 Å². The van der Waals surface area contributed by atoms with Gasteiger partial charge in [-0.1, -0.05) is 18.2 Å². The maximum absolute atomic E-state index is 11.7. The van der Waals surface area contributed by atoms with Crippen molar-refractivity contribution >= 4 is 11.0 Å². The fourth-order valence-corrected chi connectivity index (χ4v) is 2.16. The molecule has 0 saturated heterocycles. The van der Waals surface area contributed by atoms with Crippen molar-refractivity contribution in [3.05, 3.63) is 51.8 Å². The predicted octanol–water partition coefficient (Wildman–Crippen LogP) is 3.11.